The fourth-order valence-electron chi connectivity index (χ4n) is 1.75. The van der Waals surface area contributed by atoms with E-state index in [9.17, 15) is 14.3 Å². The van der Waals surface area contributed by atoms with Crippen molar-refractivity contribution in [2.24, 2.45) is 0 Å². The molecule has 1 N–H and O–H groups in total. The molecule has 20 heavy (non-hydrogen) atoms. The standard InChI is InChI=1S/C14H13FINO3/c1-14(2,3)11-10(13(18)19)20-12(17-11)8-5-4-7(15)6-9(8)16/h4-6H,1-3H3,(H,18,19). The van der Waals surface area contributed by atoms with Gasteiger partial charge >= 0.3 is 5.97 Å². The van der Waals surface area contributed by atoms with Crippen LogP contribution in [-0.4, -0.2) is 16.1 Å². The summed E-state index contributed by atoms with van der Waals surface area (Å²) in [6, 6.07) is 4.16. The second-order valence-electron chi connectivity index (χ2n) is 5.38. The summed E-state index contributed by atoms with van der Waals surface area (Å²) in [6.45, 7) is 5.57. The van der Waals surface area contributed by atoms with Crippen LogP contribution < -0.4 is 0 Å². The Morgan fingerprint density at radius 2 is 2.05 bits per heavy atom. The zero-order chi connectivity index (χ0) is 15.1. The zero-order valence-electron chi connectivity index (χ0n) is 11.2. The number of halogens is 2. The van der Waals surface area contributed by atoms with E-state index in [2.05, 4.69) is 4.98 Å². The van der Waals surface area contributed by atoms with Crippen molar-refractivity contribution in [2.75, 3.05) is 0 Å². The molecule has 2 rings (SSSR count). The summed E-state index contributed by atoms with van der Waals surface area (Å²) in [5, 5.41) is 9.21. The van der Waals surface area contributed by atoms with Gasteiger partial charge in [-0.3, -0.25) is 0 Å². The predicted molar refractivity (Wildman–Crippen MR) is 80.3 cm³/mol. The molecule has 1 aromatic carbocycles. The highest BCUT2D eigenvalue weighted by molar-refractivity contribution is 14.1. The quantitative estimate of drug-likeness (QED) is 0.787. The number of carboxylic acid groups (broad SMARTS) is 1. The van der Waals surface area contributed by atoms with Crippen LogP contribution in [0.3, 0.4) is 0 Å². The van der Waals surface area contributed by atoms with Crippen molar-refractivity contribution in [1.29, 1.82) is 0 Å². The average molecular weight is 389 g/mol. The molecular weight excluding hydrogens is 376 g/mol. The second-order valence-corrected chi connectivity index (χ2v) is 6.54. The molecule has 0 atom stereocenters. The van der Waals surface area contributed by atoms with E-state index in [1.165, 1.54) is 18.2 Å². The van der Waals surface area contributed by atoms with Gasteiger partial charge in [0.05, 0.1) is 5.56 Å². The molecule has 0 spiro atoms. The van der Waals surface area contributed by atoms with Gasteiger partial charge in [0.2, 0.25) is 11.7 Å². The molecular formula is C14H13FINO3. The summed E-state index contributed by atoms with van der Waals surface area (Å²) in [4.78, 5) is 15.5. The first kappa shape index (κ1) is 15.0. The highest BCUT2D eigenvalue weighted by atomic mass is 127. The van der Waals surface area contributed by atoms with Gasteiger partial charge in [0, 0.05) is 8.99 Å². The van der Waals surface area contributed by atoms with Gasteiger partial charge in [0.15, 0.2) is 0 Å². The van der Waals surface area contributed by atoms with E-state index in [0.29, 0.717) is 14.8 Å². The SMILES string of the molecule is CC(C)(C)c1nc(-c2ccc(F)cc2I)oc1C(=O)O. The molecule has 0 aliphatic rings. The molecule has 0 unspecified atom stereocenters. The van der Waals surface area contributed by atoms with Gasteiger partial charge in [-0.1, -0.05) is 20.8 Å². The van der Waals surface area contributed by atoms with E-state index in [1.807, 2.05) is 43.4 Å². The fourth-order valence-corrected chi connectivity index (χ4v) is 2.46. The van der Waals surface area contributed by atoms with Gasteiger partial charge in [0.25, 0.3) is 0 Å². The lowest BCUT2D eigenvalue weighted by atomic mass is 9.91. The third-order valence-electron chi connectivity index (χ3n) is 2.69. The monoisotopic (exact) mass is 389 g/mol. The van der Waals surface area contributed by atoms with Crippen molar-refractivity contribution in [2.45, 2.75) is 26.2 Å². The Labute approximate surface area is 129 Å². The minimum absolute atomic E-state index is 0.173. The number of aromatic nitrogens is 1. The zero-order valence-corrected chi connectivity index (χ0v) is 13.4. The number of hydrogen-bond acceptors (Lipinski definition) is 3. The largest absolute Gasteiger partial charge is 0.475 e. The normalized spacial score (nSPS) is 11.7. The van der Waals surface area contributed by atoms with E-state index in [-0.39, 0.29) is 17.5 Å². The van der Waals surface area contributed by atoms with Crippen LogP contribution in [-0.2, 0) is 5.41 Å². The summed E-state index contributed by atoms with van der Waals surface area (Å²) in [5.74, 6) is -1.51. The number of rotatable bonds is 2. The lowest BCUT2D eigenvalue weighted by Crippen LogP contribution is -2.16. The van der Waals surface area contributed by atoms with E-state index in [1.54, 1.807) is 0 Å². The predicted octanol–water partition coefficient (Wildman–Crippen LogP) is 4.08. The maximum absolute atomic E-state index is 13.1. The molecule has 4 nitrogen and oxygen atoms in total. The highest BCUT2D eigenvalue weighted by Gasteiger charge is 2.29. The van der Waals surface area contributed by atoms with Gasteiger partial charge in [0.1, 0.15) is 11.5 Å². The minimum Gasteiger partial charge on any atom is -0.475 e. The lowest BCUT2D eigenvalue weighted by molar-refractivity contribution is 0.0659. The first-order valence-corrected chi connectivity index (χ1v) is 6.98. The van der Waals surface area contributed by atoms with Crippen molar-refractivity contribution in [3.8, 4) is 11.5 Å². The number of carboxylic acids is 1. The molecule has 2 aromatic rings. The molecule has 0 bridgehead atoms. The number of aromatic carboxylic acids is 1. The smallest absolute Gasteiger partial charge is 0.373 e. The van der Waals surface area contributed by atoms with Crippen LogP contribution in [0.15, 0.2) is 22.6 Å². The Morgan fingerprint density at radius 3 is 2.50 bits per heavy atom. The van der Waals surface area contributed by atoms with Crippen LogP contribution in [0.4, 0.5) is 4.39 Å². The van der Waals surface area contributed by atoms with E-state index in [4.69, 9.17) is 4.42 Å². The fraction of sp³-hybridized carbons (Fsp3) is 0.286. The van der Waals surface area contributed by atoms with E-state index < -0.39 is 11.4 Å². The van der Waals surface area contributed by atoms with Gasteiger partial charge in [-0.15, -0.1) is 0 Å². The third-order valence-corrected chi connectivity index (χ3v) is 3.59. The van der Waals surface area contributed by atoms with Gasteiger partial charge < -0.3 is 9.52 Å². The third kappa shape index (κ3) is 2.84. The van der Waals surface area contributed by atoms with Crippen LogP contribution in [0.5, 0.6) is 0 Å². The van der Waals surface area contributed by atoms with Crippen LogP contribution in [0, 0.1) is 9.39 Å². The average Bonchev–Trinajstić information content (AvgIpc) is 2.73. The second kappa shape index (κ2) is 5.16. The lowest BCUT2D eigenvalue weighted by Gasteiger charge is -2.14. The topological polar surface area (TPSA) is 63.3 Å². The number of carbonyl (C=O) groups is 1. The molecule has 1 aromatic heterocycles. The van der Waals surface area contributed by atoms with Gasteiger partial charge in [-0.2, -0.15) is 0 Å². The van der Waals surface area contributed by atoms with Crippen molar-refractivity contribution < 1.29 is 18.7 Å². The van der Waals surface area contributed by atoms with Crippen molar-refractivity contribution in [3.05, 3.63) is 39.0 Å². The first-order valence-electron chi connectivity index (χ1n) is 5.90. The molecule has 1 heterocycles. The van der Waals surface area contributed by atoms with Gasteiger partial charge in [-0.25, -0.2) is 14.2 Å². The number of benzene rings is 1. The molecule has 0 aliphatic carbocycles. The van der Waals surface area contributed by atoms with Crippen molar-refractivity contribution >= 4 is 28.6 Å². The summed E-state index contributed by atoms with van der Waals surface area (Å²) >= 11 is 1.96. The Morgan fingerprint density at radius 1 is 1.40 bits per heavy atom. The Kier molecular flexibility index (Phi) is 3.86. The first-order chi connectivity index (χ1) is 9.20. The number of hydrogen-bond donors (Lipinski definition) is 1. The molecule has 0 fully saturated rings. The molecule has 0 radical (unpaired) electrons. The molecule has 106 valence electrons. The van der Waals surface area contributed by atoms with Crippen molar-refractivity contribution in [1.82, 2.24) is 4.98 Å². The van der Waals surface area contributed by atoms with Crippen molar-refractivity contribution in [3.63, 3.8) is 0 Å². The maximum atomic E-state index is 13.1. The summed E-state index contributed by atoms with van der Waals surface area (Å²) in [7, 11) is 0. The summed E-state index contributed by atoms with van der Waals surface area (Å²) in [5.41, 5.74) is 0.492. The van der Waals surface area contributed by atoms with Crippen LogP contribution in [0.1, 0.15) is 37.0 Å². The summed E-state index contributed by atoms with van der Waals surface area (Å²) in [6.07, 6.45) is 0. The molecule has 0 amide bonds. The van der Waals surface area contributed by atoms with Gasteiger partial charge in [-0.05, 0) is 40.8 Å². The Hall–Kier alpha value is -1.44. The highest BCUT2D eigenvalue weighted by Crippen LogP contribution is 2.32. The number of nitrogens with zero attached hydrogens (tertiary/aromatic N) is 1. The van der Waals surface area contributed by atoms with E-state index in [0.717, 1.165) is 0 Å². The molecule has 6 heteroatoms. The Bertz CT molecular complexity index is 674. The molecule has 0 saturated carbocycles. The Balaban J connectivity index is 2.62. The van der Waals surface area contributed by atoms with Crippen LogP contribution in [0.25, 0.3) is 11.5 Å². The molecule has 0 saturated heterocycles. The maximum Gasteiger partial charge on any atom is 0.373 e. The number of oxazole rings is 1. The van der Waals surface area contributed by atoms with Crippen LogP contribution in [0.2, 0.25) is 0 Å². The summed E-state index contributed by atoms with van der Waals surface area (Å²) < 4.78 is 19.1. The van der Waals surface area contributed by atoms with E-state index >= 15 is 0 Å². The van der Waals surface area contributed by atoms with Crippen LogP contribution >= 0.6 is 22.6 Å². The minimum atomic E-state index is -1.16. The molecule has 0 aliphatic heterocycles.